The highest BCUT2D eigenvalue weighted by atomic mass is 16.6. The number of carbonyl (C=O) groups excluding carboxylic acids is 2. The lowest BCUT2D eigenvalue weighted by atomic mass is 10.1. The first kappa shape index (κ1) is 14.4. The Morgan fingerprint density at radius 1 is 1.33 bits per heavy atom. The van der Waals surface area contributed by atoms with Gasteiger partial charge in [-0.15, -0.1) is 0 Å². The highest BCUT2D eigenvalue weighted by Gasteiger charge is 2.16. The lowest BCUT2D eigenvalue weighted by molar-refractivity contribution is -0.385. The molecular formula is C14H12N2O5. The minimum absolute atomic E-state index is 0.0750. The number of aromatic amines is 1. The van der Waals surface area contributed by atoms with Crippen LogP contribution in [0.25, 0.3) is 0 Å². The fraction of sp³-hybridized carbons (Fsp3) is 0.143. The van der Waals surface area contributed by atoms with Crippen LogP contribution in [0.2, 0.25) is 0 Å². The van der Waals surface area contributed by atoms with Gasteiger partial charge in [0.05, 0.1) is 16.2 Å². The van der Waals surface area contributed by atoms with Gasteiger partial charge in [0.25, 0.3) is 5.69 Å². The number of rotatable bonds is 5. The van der Waals surface area contributed by atoms with Gasteiger partial charge in [-0.3, -0.25) is 14.9 Å². The molecule has 1 aromatic carbocycles. The number of ketones is 1. The van der Waals surface area contributed by atoms with Crippen LogP contribution in [0, 0.1) is 17.0 Å². The molecule has 0 spiro atoms. The van der Waals surface area contributed by atoms with E-state index < -0.39 is 17.5 Å². The third-order valence-corrected chi connectivity index (χ3v) is 2.86. The largest absolute Gasteiger partial charge is 0.454 e. The predicted octanol–water partition coefficient (Wildman–Crippen LogP) is 2.27. The summed E-state index contributed by atoms with van der Waals surface area (Å²) in [5, 5.41) is 10.7. The van der Waals surface area contributed by atoms with Crippen molar-refractivity contribution in [2.24, 2.45) is 0 Å². The van der Waals surface area contributed by atoms with Gasteiger partial charge in [-0.1, -0.05) is 0 Å². The molecule has 2 aromatic rings. The summed E-state index contributed by atoms with van der Waals surface area (Å²) >= 11 is 0. The Labute approximate surface area is 119 Å². The molecule has 1 N–H and O–H groups in total. The molecule has 0 bridgehead atoms. The first-order chi connectivity index (χ1) is 9.99. The van der Waals surface area contributed by atoms with Gasteiger partial charge < -0.3 is 9.72 Å². The third-order valence-electron chi connectivity index (χ3n) is 2.86. The summed E-state index contributed by atoms with van der Waals surface area (Å²) in [5.41, 5.74) is 0.791. The fourth-order valence-electron chi connectivity index (χ4n) is 1.78. The van der Waals surface area contributed by atoms with E-state index >= 15 is 0 Å². The first-order valence-electron chi connectivity index (χ1n) is 6.08. The summed E-state index contributed by atoms with van der Waals surface area (Å²) in [4.78, 5) is 36.3. The second kappa shape index (κ2) is 6.00. The Morgan fingerprint density at radius 3 is 2.67 bits per heavy atom. The van der Waals surface area contributed by atoms with Gasteiger partial charge in [0.2, 0.25) is 5.78 Å². The number of aryl methyl sites for hydroxylation is 1. The number of H-pyrrole nitrogens is 1. The number of nitro groups is 1. The van der Waals surface area contributed by atoms with Crippen LogP contribution in [-0.4, -0.2) is 28.3 Å². The fourth-order valence-corrected chi connectivity index (χ4v) is 1.78. The van der Waals surface area contributed by atoms with Crippen LogP contribution in [-0.2, 0) is 4.74 Å². The summed E-state index contributed by atoms with van der Waals surface area (Å²) in [6, 6.07) is 7.13. The molecule has 1 aromatic heterocycles. The lowest BCUT2D eigenvalue weighted by Crippen LogP contribution is -2.14. The molecule has 7 nitrogen and oxygen atoms in total. The number of Topliss-reactive ketones (excluding diaryl/α,β-unsaturated/α-hetero) is 1. The average molecular weight is 288 g/mol. The van der Waals surface area contributed by atoms with Crippen molar-refractivity contribution in [3.05, 3.63) is 63.5 Å². The molecule has 0 aliphatic rings. The topological polar surface area (TPSA) is 102 Å². The van der Waals surface area contributed by atoms with Crippen LogP contribution in [0.5, 0.6) is 0 Å². The quantitative estimate of drug-likeness (QED) is 0.393. The van der Waals surface area contributed by atoms with Crippen molar-refractivity contribution in [1.29, 1.82) is 0 Å². The maximum Gasteiger partial charge on any atom is 0.338 e. The van der Waals surface area contributed by atoms with Crippen molar-refractivity contribution >= 4 is 17.4 Å². The van der Waals surface area contributed by atoms with E-state index in [2.05, 4.69) is 4.98 Å². The van der Waals surface area contributed by atoms with Crippen LogP contribution >= 0.6 is 0 Å². The van der Waals surface area contributed by atoms with E-state index in [1.54, 1.807) is 18.3 Å². The van der Waals surface area contributed by atoms with Crippen LogP contribution in [0.15, 0.2) is 36.5 Å². The zero-order chi connectivity index (χ0) is 15.4. The van der Waals surface area contributed by atoms with Crippen molar-refractivity contribution in [3.8, 4) is 0 Å². The molecular weight excluding hydrogens is 276 g/mol. The zero-order valence-corrected chi connectivity index (χ0v) is 11.2. The molecule has 0 atom stereocenters. The van der Waals surface area contributed by atoms with Gasteiger partial charge in [-0.2, -0.15) is 0 Å². The molecule has 21 heavy (non-hydrogen) atoms. The van der Waals surface area contributed by atoms with Gasteiger partial charge in [0.15, 0.2) is 6.61 Å². The van der Waals surface area contributed by atoms with Crippen molar-refractivity contribution in [1.82, 2.24) is 4.98 Å². The minimum atomic E-state index is -0.701. The molecule has 0 radical (unpaired) electrons. The number of nitro benzene ring substituents is 1. The van der Waals surface area contributed by atoms with Gasteiger partial charge in [0.1, 0.15) is 0 Å². The number of hydrogen-bond donors (Lipinski definition) is 1. The first-order valence-corrected chi connectivity index (χ1v) is 6.08. The van der Waals surface area contributed by atoms with Crippen LogP contribution in [0.3, 0.4) is 0 Å². The highest BCUT2D eigenvalue weighted by Crippen LogP contribution is 2.19. The summed E-state index contributed by atoms with van der Waals surface area (Å²) in [5.74, 6) is -1.06. The van der Waals surface area contributed by atoms with Crippen molar-refractivity contribution < 1.29 is 19.2 Å². The Balaban J connectivity index is 2.02. The molecule has 0 aliphatic carbocycles. The summed E-state index contributed by atoms with van der Waals surface area (Å²) in [6.07, 6.45) is 1.59. The van der Waals surface area contributed by atoms with E-state index in [0.717, 1.165) is 0 Å². The molecule has 0 amide bonds. The minimum Gasteiger partial charge on any atom is -0.454 e. The van der Waals surface area contributed by atoms with Crippen molar-refractivity contribution in [2.45, 2.75) is 6.92 Å². The molecule has 108 valence electrons. The molecule has 0 fully saturated rings. The molecule has 0 aliphatic heterocycles. The number of carbonyl (C=O) groups is 2. The monoisotopic (exact) mass is 288 g/mol. The number of hydrogen-bond acceptors (Lipinski definition) is 5. The maximum atomic E-state index is 11.8. The summed E-state index contributed by atoms with van der Waals surface area (Å²) in [7, 11) is 0. The average Bonchev–Trinajstić information content (AvgIpc) is 2.98. The summed E-state index contributed by atoms with van der Waals surface area (Å²) in [6.45, 7) is 1.13. The van der Waals surface area contributed by atoms with E-state index in [0.29, 0.717) is 11.3 Å². The number of ether oxygens (including phenoxy) is 1. The van der Waals surface area contributed by atoms with Gasteiger partial charge in [-0.25, -0.2) is 4.79 Å². The Bertz CT molecular complexity index is 691. The Kier molecular flexibility index (Phi) is 4.13. The van der Waals surface area contributed by atoms with Gasteiger partial charge >= 0.3 is 5.97 Å². The smallest absolute Gasteiger partial charge is 0.338 e. The molecule has 2 rings (SSSR count). The molecule has 0 saturated carbocycles. The Hall–Kier alpha value is -2.96. The summed E-state index contributed by atoms with van der Waals surface area (Å²) < 4.78 is 4.89. The molecule has 1 heterocycles. The van der Waals surface area contributed by atoms with E-state index in [1.165, 1.54) is 25.1 Å². The van der Waals surface area contributed by atoms with E-state index in [4.69, 9.17) is 4.74 Å². The van der Waals surface area contributed by atoms with Crippen molar-refractivity contribution in [3.63, 3.8) is 0 Å². The van der Waals surface area contributed by atoms with E-state index in [9.17, 15) is 19.7 Å². The van der Waals surface area contributed by atoms with E-state index in [1.807, 2.05) is 0 Å². The maximum absolute atomic E-state index is 11.8. The molecule has 0 saturated heterocycles. The van der Waals surface area contributed by atoms with Crippen LogP contribution < -0.4 is 0 Å². The van der Waals surface area contributed by atoms with Crippen LogP contribution in [0.4, 0.5) is 5.69 Å². The third kappa shape index (κ3) is 3.33. The zero-order valence-electron chi connectivity index (χ0n) is 11.2. The van der Waals surface area contributed by atoms with Gasteiger partial charge in [0, 0.05) is 17.8 Å². The number of benzene rings is 1. The number of esters is 1. The Morgan fingerprint density at radius 2 is 2.10 bits per heavy atom. The standard InChI is InChI=1S/C14H12N2O5/c1-9-7-10(4-5-12(9)16(19)20)14(18)21-8-13(17)11-3-2-6-15-11/h2-7,15H,8H2,1H3. The highest BCUT2D eigenvalue weighted by molar-refractivity contribution is 5.98. The SMILES string of the molecule is Cc1cc(C(=O)OCC(=O)c2ccc[nH]2)ccc1[N+](=O)[O-]. The lowest BCUT2D eigenvalue weighted by Gasteiger charge is -2.04. The number of aromatic nitrogens is 1. The van der Waals surface area contributed by atoms with Crippen molar-refractivity contribution in [2.75, 3.05) is 6.61 Å². The second-order valence-electron chi connectivity index (χ2n) is 4.34. The molecule has 7 heteroatoms. The normalized spacial score (nSPS) is 10.1. The predicted molar refractivity (Wildman–Crippen MR) is 73.2 cm³/mol. The second-order valence-corrected chi connectivity index (χ2v) is 4.34. The van der Waals surface area contributed by atoms with Crippen LogP contribution in [0.1, 0.15) is 26.4 Å². The number of nitrogens with zero attached hydrogens (tertiary/aromatic N) is 1. The van der Waals surface area contributed by atoms with E-state index in [-0.39, 0.29) is 17.0 Å². The number of nitrogens with one attached hydrogen (secondary N) is 1. The van der Waals surface area contributed by atoms with Gasteiger partial charge in [-0.05, 0) is 31.2 Å². The molecule has 0 unspecified atom stereocenters.